The summed E-state index contributed by atoms with van der Waals surface area (Å²) in [5.74, 6) is 4.98. The summed E-state index contributed by atoms with van der Waals surface area (Å²) in [6.45, 7) is 10.8. The second kappa shape index (κ2) is 17.2. The number of ether oxygens (including phenoxy) is 2. The third kappa shape index (κ3) is 9.40. The normalized spacial score (nSPS) is 13.3. The zero-order valence-corrected chi connectivity index (χ0v) is 32.5. The Bertz CT molecular complexity index is 2170. The topological polar surface area (TPSA) is 180 Å². The minimum atomic E-state index is -0.751. The number of rotatable bonds is 11. The molecule has 1 aliphatic heterocycles. The first-order chi connectivity index (χ1) is 25.7. The van der Waals surface area contributed by atoms with E-state index >= 15 is 0 Å². The van der Waals surface area contributed by atoms with Gasteiger partial charge in [-0.25, -0.2) is 4.79 Å². The van der Waals surface area contributed by atoms with Crippen LogP contribution in [-0.4, -0.2) is 64.1 Å². The van der Waals surface area contributed by atoms with E-state index in [4.69, 9.17) is 31.8 Å². The predicted molar refractivity (Wildman–Crippen MR) is 207 cm³/mol. The van der Waals surface area contributed by atoms with E-state index in [9.17, 15) is 19.2 Å². The number of aryl methyl sites for hydroxylation is 2. The fourth-order valence-electron chi connectivity index (χ4n) is 5.56. The van der Waals surface area contributed by atoms with Crippen LogP contribution in [0.1, 0.15) is 95.2 Å². The number of thiophene rings is 1. The monoisotopic (exact) mass is 771 g/mol. The molecule has 2 aromatic heterocycles. The summed E-state index contributed by atoms with van der Waals surface area (Å²) in [7, 11) is 0. The van der Waals surface area contributed by atoms with Crippen LogP contribution in [-0.2, 0) is 23.9 Å². The molecule has 1 atom stereocenters. The van der Waals surface area contributed by atoms with Gasteiger partial charge in [-0.3, -0.25) is 23.9 Å². The van der Waals surface area contributed by atoms with Gasteiger partial charge in [-0.2, -0.15) is 0 Å². The molecule has 2 aromatic carbocycles. The van der Waals surface area contributed by atoms with Crippen LogP contribution in [0.2, 0.25) is 5.02 Å². The summed E-state index contributed by atoms with van der Waals surface area (Å²) in [5, 5.41) is 16.1. The number of aliphatic imine (C=N–C) groups is 1. The number of esters is 2. The maximum absolute atomic E-state index is 13.3. The van der Waals surface area contributed by atoms with Crippen LogP contribution in [0.25, 0.3) is 5.00 Å². The van der Waals surface area contributed by atoms with Crippen molar-refractivity contribution < 1.29 is 28.7 Å². The van der Waals surface area contributed by atoms with Crippen molar-refractivity contribution in [1.82, 2.24) is 20.1 Å². The number of nitrogens with zero attached hydrogens (tertiary/aromatic N) is 4. The fraction of sp³-hybridized carbons (Fsp3) is 0.359. The van der Waals surface area contributed by atoms with Crippen molar-refractivity contribution >= 4 is 58.1 Å². The molecular formula is C39H42ClN7O6S. The zero-order valence-electron chi connectivity index (χ0n) is 31.0. The highest BCUT2D eigenvalue weighted by molar-refractivity contribution is 7.15. The molecule has 3 heterocycles. The molecule has 0 radical (unpaired) electrons. The van der Waals surface area contributed by atoms with Crippen molar-refractivity contribution in [2.75, 3.05) is 25.2 Å². The minimum absolute atomic E-state index is 0.0226. The Hall–Kier alpha value is -5.36. The van der Waals surface area contributed by atoms with E-state index in [2.05, 4.69) is 46.5 Å². The highest BCUT2D eigenvalue weighted by Crippen LogP contribution is 2.39. The van der Waals surface area contributed by atoms with E-state index in [1.165, 1.54) is 12.1 Å². The lowest BCUT2D eigenvalue weighted by molar-refractivity contribution is -0.161. The van der Waals surface area contributed by atoms with Crippen LogP contribution in [0, 0.1) is 38.0 Å². The van der Waals surface area contributed by atoms with E-state index in [1.807, 2.05) is 35.8 Å². The van der Waals surface area contributed by atoms with E-state index in [0.29, 0.717) is 28.8 Å². The van der Waals surface area contributed by atoms with E-state index < -0.39 is 30.2 Å². The van der Waals surface area contributed by atoms with Crippen LogP contribution >= 0.6 is 22.9 Å². The lowest BCUT2D eigenvalue weighted by Crippen LogP contribution is -2.27. The molecule has 0 spiro atoms. The van der Waals surface area contributed by atoms with Crippen molar-refractivity contribution in [3.05, 3.63) is 91.8 Å². The number of benzene rings is 2. The Morgan fingerprint density at radius 1 is 1.02 bits per heavy atom. The van der Waals surface area contributed by atoms with Crippen molar-refractivity contribution in [1.29, 1.82) is 0 Å². The van der Waals surface area contributed by atoms with Gasteiger partial charge in [0.25, 0.3) is 0 Å². The van der Waals surface area contributed by atoms with Crippen LogP contribution in [0.5, 0.6) is 0 Å². The third-order valence-electron chi connectivity index (χ3n) is 8.48. The number of aromatic nitrogens is 3. The molecule has 5 rings (SSSR count). The first kappa shape index (κ1) is 39.8. The van der Waals surface area contributed by atoms with E-state index in [1.54, 1.807) is 38.2 Å². The second-order valence-corrected chi connectivity index (χ2v) is 15.2. The van der Waals surface area contributed by atoms with Crippen molar-refractivity contribution in [3.8, 4) is 16.8 Å². The molecule has 54 heavy (non-hydrogen) atoms. The number of halogens is 1. The van der Waals surface area contributed by atoms with Gasteiger partial charge in [-0.15, -0.1) is 21.5 Å². The summed E-state index contributed by atoms with van der Waals surface area (Å²) in [6, 6.07) is 11.4. The minimum Gasteiger partial charge on any atom is -0.427 e. The largest absolute Gasteiger partial charge is 0.427 e. The van der Waals surface area contributed by atoms with Gasteiger partial charge in [0.1, 0.15) is 16.9 Å². The Labute approximate surface area is 322 Å². The molecule has 15 heteroatoms. The third-order valence-corrected chi connectivity index (χ3v) is 9.92. The van der Waals surface area contributed by atoms with E-state index in [0.717, 1.165) is 32.3 Å². The first-order valence-electron chi connectivity index (χ1n) is 17.3. The number of anilines is 1. The van der Waals surface area contributed by atoms with Gasteiger partial charge in [-0.1, -0.05) is 35.6 Å². The molecule has 4 N–H and O–H groups in total. The number of nitrogens with one attached hydrogen (secondary N) is 2. The van der Waals surface area contributed by atoms with Crippen LogP contribution in [0.3, 0.4) is 0 Å². The SMILES string of the molecule is Cc1sc2c(c1C)C(c1ccc(Cl)cc1)=N[C@@H](CC(=O)NCCCC(=O)Nc1ccc(C(=O)OCOC(=O)C(C)(C)C)c(C#CCN)c1)c1nnc(C)n1-2. The highest BCUT2D eigenvalue weighted by atomic mass is 35.5. The Kier molecular flexibility index (Phi) is 12.7. The van der Waals surface area contributed by atoms with Gasteiger partial charge in [0.2, 0.25) is 18.6 Å². The standard InChI is InChI=1S/C39H42ClN7O6S/c1-22-23(2)54-36-33(22)34(25-11-13-27(40)14-12-25)44-30(35-46-45-24(3)47(35)36)20-32(49)42-18-8-10-31(48)43-28-15-16-29(26(19-28)9-7-17-41)37(50)52-21-53-38(51)39(4,5)6/h11-16,19,30H,8,10,17-18,20-21,41H2,1-6H3,(H,42,49)(H,43,48)/t30-/m0/s1. The maximum Gasteiger partial charge on any atom is 0.342 e. The smallest absolute Gasteiger partial charge is 0.342 e. The number of carbonyl (C=O) groups is 4. The second-order valence-electron chi connectivity index (χ2n) is 13.6. The number of hydrogen-bond donors (Lipinski definition) is 3. The molecule has 13 nitrogen and oxygen atoms in total. The number of fused-ring (bicyclic) bond motifs is 3. The van der Waals surface area contributed by atoms with Crippen LogP contribution in [0.15, 0.2) is 47.5 Å². The molecule has 0 saturated heterocycles. The lowest BCUT2D eigenvalue weighted by Gasteiger charge is -2.16. The lowest BCUT2D eigenvalue weighted by atomic mass is 9.98. The van der Waals surface area contributed by atoms with Crippen molar-refractivity contribution in [2.24, 2.45) is 16.1 Å². The number of carbonyl (C=O) groups excluding carboxylic acids is 4. The van der Waals surface area contributed by atoms with Gasteiger partial charge < -0.3 is 25.8 Å². The number of hydrogen-bond acceptors (Lipinski definition) is 11. The zero-order chi connectivity index (χ0) is 39.2. The molecule has 0 unspecified atom stereocenters. The van der Waals surface area contributed by atoms with Gasteiger partial charge in [0, 0.05) is 45.2 Å². The molecule has 0 aliphatic carbocycles. The quantitative estimate of drug-likeness (QED) is 0.0742. The molecule has 1 aliphatic rings. The van der Waals surface area contributed by atoms with E-state index in [-0.39, 0.29) is 48.9 Å². The maximum atomic E-state index is 13.3. The molecule has 0 bridgehead atoms. The van der Waals surface area contributed by atoms with Gasteiger partial charge >= 0.3 is 11.9 Å². The first-order valence-corrected chi connectivity index (χ1v) is 18.5. The molecule has 4 aromatic rings. The fourth-order valence-corrected chi connectivity index (χ4v) is 6.90. The molecule has 0 fully saturated rings. The summed E-state index contributed by atoms with van der Waals surface area (Å²) in [6.07, 6.45) is 0.501. The van der Waals surface area contributed by atoms with Gasteiger partial charge in [0.05, 0.1) is 29.7 Å². The van der Waals surface area contributed by atoms with Crippen molar-refractivity contribution in [3.63, 3.8) is 0 Å². The number of nitrogens with two attached hydrogens (primary N) is 1. The highest BCUT2D eigenvalue weighted by Gasteiger charge is 2.32. The summed E-state index contributed by atoms with van der Waals surface area (Å²) in [4.78, 5) is 57.2. The summed E-state index contributed by atoms with van der Waals surface area (Å²) < 4.78 is 12.1. The number of amides is 2. The van der Waals surface area contributed by atoms with Gasteiger partial charge in [-0.05, 0) is 83.9 Å². The molecular weight excluding hydrogens is 730 g/mol. The average molecular weight is 772 g/mol. The van der Waals surface area contributed by atoms with Crippen LogP contribution in [0.4, 0.5) is 5.69 Å². The molecule has 0 saturated carbocycles. The predicted octanol–water partition coefficient (Wildman–Crippen LogP) is 5.74. The van der Waals surface area contributed by atoms with Crippen molar-refractivity contribution in [2.45, 2.75) is 66.8 Å². The van der Waals surface area contributed by atoms with Crippen LogP contribution < -0.4 is 16.4 Å². The summed E-state index contributed by atoms with van der Waals surface area (Å²) >= 11 is 7.84. The molecule has 2 amide bonds. The Morgan fingerprint density at radius 3 is 2.46 bits per heavy atom. The summed E-state index contributed by atoms with van der Waals surface area (Å²) in [5.41, 5.74) is 9.30. The van der Waals surface area contributed by atoms with Gasteiger partial charge in [0.15, 0.2) is 5.82 Å². The Morgan fingerprint density at radius 2 is 1.76 bits per heavy atom. The molecule has 282 valence electrons. The average Bonchev–Trinajstić information content (AvgIpc) is 3.60. The Balaban J connectivity index is 1.20.